The molecule has 0 aliphatic heterocycles. The number of amides is 1. The number of nitrogens with two attached hydrogens (primary N) is 1. The summed E-state index contributed by atoms with van der Waals surface area (Å²) in [6, 6.07) is 5.18. The topological polar surface area (TPSA) is 83.0 Å². The van der Waals surface area contributed by atoms with Gasteiger partial charge in [0.05, 0.1) is 12.5 Å². The minimum absolute atomic E-state index is 0.190. The molecule has 0 radical (unpaired) electrons. The van der Waals surface area contributed by atoms with Gasteiger partial charge in [-0.05, 0) is 19.1 Å². The lowest BCUT2D eigenvalue weighted by Gasteiger charge is -2.18. The van der Waals surface area contributed by atoms with Gasteiger partial charge in [0.25, 0.3) is 5.91 Å². The molecule has 2 N–H and O–H groups in total. The van der Waals surface area contributed by atoms with Gasteiger partial charge >= 0.3 is 0 Å². The molecule has 1 amide bonds. The molecule has 0 atom stereocenters. The molecule has 1 aromatic heterocycles. The highest BCUT2D eigenvalue weighted by Gasteiger charge is 2.14. The van der Waals surface area contributed by atoms with Crippen molar-refractivity contribution in [3.63, 3.8) is 0 Å². The van der Waals surface area contributed by atoms with E-state index in [9.17, 15) is 4.79 Å². The van der Waals surface area contributed by atoms with Crippen LogP contribution in [0.3, 0.4) is 0 Å². The molecule has 84 valence electrons. The quantitative estimate of drug-likeness (QED) is 0.818. The van der Waals surface area contributed by atoms with E-state index in [1.54, 1.807) is 11.0 Å². The number of nitrogen functional groups attached to an aromatic ring is 1. The zero-order valence-corrected chi connectivity index (χ0v) is 9.18. The molecule has 0 aromatic carbocycles. The first-order valence-electron chi connectivity index (χ1n) is 5.06. The minimum atomic E-state index is -0.190. The molecule has 16 heavy (non-hydrogen) atoms. The Hall–Kier alpha value is -2.09. The summed E-state index contributed by atoms with van der Waals surface area (Å²) in [5.74, 6) is -0.190. The summed E-state index contributed by atoms with van der Waals surface area (Å²) in [6.07, 6.45) is 1.82. The normalized spacial score (nSPS) is 9.50. The highest BCUT2D eigenvalue weighted by molar-refractivity contribution is 5.93. The molecule has 1 rings (SSSR count). The number of carbonyl (C=O) groups excluding carboxylic acids is 1. The van der Waals surface area contributed by atoms with Gasteiger partial charge < -0.3 is 10.6 Å². The van der Waals surface area contributed by atoms with E-state index < -0.39 is 0 Å². The zero-order valence-electron chi connectivity index (χ0n) is 9.18. The van der Waals surface area contributed by atoms with Gasteiger partial charge in [0.1, 0.15) is 5.69 Å². The predicted octanol–water partition coefficient (Wildman–Crippen LogP) is 1.04. The molecular formula is C11H14N4O. The Labute approximate surface area is 94.5 Å². The molecule has 0 saturated carbocycles. The summed E-state index contributed by atoms with van der Waals surface area (Å²) in [4.78, 5) is 17.5. The average molecular weight is 218 g/mol. The number of hydrogen-bond acceptors (Lipinski definition) is 4. The van der Waals surface area contributed by atoms with Crippen molar-refractivity contribution in [3.05, 3.63) is 24.0 Å². The third kappa shape index (κ3) is 2.95. The lowest BCUT2D eigenvalue weighted by atomic mass is 10.2. The minimum Gasteiger partial charge on any atom is -0.399 e. The lowest BCUT2D eigenvalue weighted by molar-refractivity contribution is 0.0762. The first-order valence-corrected chi connectivity index (χ1v) is 5.06. The molecule has 0 aliphatic rings. The third-order valence-corrected chi connectivity index (χ3v) is 2.17. The van der Waals surface area contributed by atoms with Crippen molar-refractivity contribution in [2.24, 2.45) is 0 Å². The van der Waals surface area contributed by atoms with Crippen LogP contribution in [-0.2, 0) is 0 Å². The standard InChI is InChI=1S/C11H14N4O/c1-2-15(7-3-5-12)11(16)10-8-9(13)4-6-14-10/h4,6,8H,2-3,7H2,1H3,(H2,13,14). The fourth-order valence-corrected chi connectivity index (χ4v) is 1.31. The molecule has 0 fully saturated rings. The number of hydrogen-bond donors (Lipinski definition) is 1. The molecule has 0 spiro atoms. The number of aromatic nitrogens is 1. The van der Waals surface area contributed by atoms with Crippen molar-refractivity contribution in [1.82, 2.24) is 9.88 Å². The monoisotopic (exact) mass is 218 g/mol. The number of nitriles is 1. The molecule has 0 unspecified atom stereocenters. The van der Waals surface area contributed by atoms with Crippen LogP contribution in [0.2, 0.25) is 0 Å². The first kappa shape index (κ1) is 12.0. The molecular weight excluding hydrogens is 204 g/mol. The van der Waals surface area contributed by atoms with E-state index in [1.807, 2.05) is 13.0 Å². The second-order valence-corrected chi connectivity index (χ2v) is 3.27. The summed E-state index contributed by atoms with van der Waals surface area (Å²) in [5.41, 5.74) is 6.40. The molecule has 1 heterocycles. The molecule has 5 heteroatoms. The van der Waals surface area contributed by atoms with E-state index in [-0.39, 0.29) is 5.91 Å². The largest absolute Gasteiger partial charge is 0.399 e. The van der Waals surface area contributed by atoms with Gasteiger partial charge in [-0.1, -0.05) is 0 Å². The summed E-state index contributed by atoms with van der Waals surface area (Å²) in [5, 5.41) is 8.48. The van der Waals surface area contributed by atoms with Crippen LogP contribution in [0.25, 0.3) is 0 Å². The Kier molecular flexibility index (Phi) is 4.28. The Morgan fingerprint density at radius 1 is 1.69 bits per heavy atom. The van der Waals surface area contributed by atoms with Crippen LogP contribution >= 0.6 is 0 Å². The van der Waals surface area contributed by atoms with Crippen molar-refractivity contribution >= 4 is 11.6 Å². The van der Waals surface area contributed by atoms with Gasteiger partial charge in [-0.15, -0.1) is 0 Å². The van der Waals surface area contributed by atoms with Gasteiger partial charge in [-0.25, -0.2) is 0 Å². The second kappa shape index (κ2) is 5.71. The van der Waals surface area contributed by atoms with Gasteiger partial charge in [-0.3, -0.25) is 9.78 Å². The van der Waals surface area contributed by atoms with Gasteiger partial charge in [0.15, 0.2) is 0 Å². The maximum absolute atomic E-state index is 11.9. The van der Waals surface area contributed by atoms with E-state index in [0.717, 1.165) is 0 Å². The summed E-state index contributed by atoms with van der Waals surface area (Å²) >= 11 is 0. The number of anilines is 1. The average Bonchev–Trinajstić information content (AvgIpc) is 2.29. The number of carbonyl (C=O) groups is 1. The van der Waals surface area contributed by atoms with Gasteiger partial charge in [-0.2, -0.15) is 5.26 Å². The van der Waals surface area contributed by atoms with Crippen molar-refractivity contribution in [2.45, 2.75) is 13.3 Å². The summed E-state index contributed by atoms with van der Waals surface area (Å²) in [6.45, 7) is 2.83. The molecule has 0 saturated heterocycles. The number of nitrogens with zero attached hydrogens (tertiary/aromatic N) is 3. The SMILES string of the molecule is CCN(CCC#N)C(=O)c1cc(N)ccn1. The maximum atomic E-state index is 11.9. The molecule has 0 bridgehead atoms. The Balaban J connectivity index is 2.79. The van der Waals surface area contributed by atoms with E-state index >= 15 is 0 Å². The highest BCUT2D eigenvalue weighted by Crippen LogP contribution is 2.06. The Morgan fingerprint density at radius 2 is 2.44 bits per heavy atom. The van der Waals surface area contributed by atoms with Crippen molar-refractivity contribution in [2.75, 3.05) is 18.8 Å². The van der Waals surface area contributed by atoms with E-state index in [0.29, 0.717) is 30.9 Å². The van der Waals surface area contributed by atoms with E-state index in [4.69, 9.17) is 11.0 Å². The van der Waals surface area contributed by atoms with Crippen LogP contribution in [0.5, 0.6) is 0 Å². The highest BCUT2D eigenvalue weighted by atomic mass is 16.2. The van der Waals surface area contributed by atoms with Gasteiger partial charge in [0.2, 0.25) is 0 Å². The predicted molar refractivity (Wildman–Crippen MR) is 60.5 cm³/mol. The van der Waals surface area contributed by atoms with E-state index in [2.05, 4.69) is 4.98 Å². The maximum Gasteiger partial charge on any atom is 0.272 e. The molecule has 5 nitrogen and oxygen atoms in total. The van der Waals surface area contributed by atoms with Crippen molar-refractivity contribution in [1.29, 1.82) is 5.26 Å². The van der Waals surface area contributed by atoms with Gasteiger partial charge in [0, 0.05) is 25.0 Å². The van der Waals surface area contributed by atoms with Crippen molar-refractivity contribution in [3.8, 4) is 6.07 Å². The smallest absolute Gasteiger partial charge is 0.272 e. The van der Waals surface area contributed by atoms with Crippen LogP contribution in [0.15, 0.2) is 18.3 Å². The number of pyridine rings is 1. The van der Waals surface area contributed by atoms with Crippen LogP contribution in [0.1, 0.15) is 23.8 Å². The fraction of sp³-hybridized carbons (Fsp3) is 0.364. The summed E-state index contributed by atoms with van der Waals surface area (Å²) < 4.78 is 0. The molecule has 1 aromatic rings. The van der Waals surface area contributed by atoms with Crippen molar-refractivity contribution < 1.29 is 4.79 Å². The van der Waals surface area contributed by atoms with Crippen LogP contribution < -0.4 is 5.73 Å². The fourth-order valence-electron chi connectivity index (χ4n) is 1.31. The molecule has 0 aliphatic carbocycles. The summed E-state index contributed by atoms with van der Waals surface area (Å²) in [7, 11) is 0. The zero-order chi connectivity index (χ0) is 12.0. The van der Waals surface area contributed by atoms with Crippen LogP contribution in [0.4, 0.5) is 5.69 Å². The van der Waals surface area contributed by atoms with E-state index in [1.165, 1.54) is 12.3 Å². The first-order chi connectivity index (χ1) is 7.69. The Morgan fingerprint density at radius 3 is 3.00 bits per heavy atom. The van der Waals surface area contributed by atoms with Crippen LogP contribution in [-0.4, -0.2) is 28.9 Å². The number of rotatable bonds is 4. The lowest BCUT2D eigenvalue weighted by Crippen LogP contribution is -2.32. The Bertz CT molecular complexity index is 411. The van der Waals surface area contributed by atoms with Crippen LogP contribution in [0, 0.1) is 11.3 Å². The third-order valence-electron chi connectivity index (χ3n) is 2.17. The second-order valence-electron chi connectivity index (χ2n) is 3.27.